The van der Waals surface area contributed by atoms with Gasteiger partial charge in [-0.05, 0) is 44.7 Å². The van der Waals surface area contributed by atoms with E-state index in [9.17, 15) is 4.79 Å². The van der Waals surface area contributed by atoms with E-state index in [4.69, 9.17) is 0 Å². The molecule has 0 aromatic carbocycles. The summed E-state index contributed by atoms with van der Waals surface area (Å²) in [5.74, 6) is 1.70. The molecule has 5 heteroatoms. The van der Waals surface area contributed by atoms with E-state index < -0.39 is 0 Å². The molecule has 0 amide bonds. The average molecular weight is 286 g/mol. The topological polar surface area (TPSA) is 61.9 Å². The number of fused-ring (bicyclic) bond motifs is 1. The van der Waals surface area contributed by atoms with Gasteiger partial charge in [0.1, 0.15) is 11.5 Å². The van der Waals surface area contributed by atoms with Crippen molar-refractivity contribution in [2.75, 3.05) is 11.4 Å². The van der Waals surface area contributed by atoms with E-state index in [0.29, 0.717) is 22.9 Å². The highest BCUT2D eigenvalue weighted by molar-refractivity contribution is 5.72. The van der Waals surface area contributed by atoms with Crippen LogP contribution in [0.25, 0.3) is 11.2 Å². The smallest absolute Gasteiger partial charge is 0.269 e. The Morgan fingerprint density at radius 1 is 1.33 bits per heavy atom. The second-order valence-corrected chi connectivity index (χ2v) is 6.04. The molecule has 2 aromatic rings. The van der Waals surface area contributed by atoms with Crippen LogP contribution in [0.4, 0.5) is 5.82 Å². The minimum atomic E-state index is -0.144. The molecule has 21 heavy (non-hydrogen) atoms. The number of nitrogens with zero attached hydrogens (tertiary/aromatic N) is 3. The molecule has 0 bridgehead atoms. The predicted molar refractivity (Wildman–Crippen MR) is 84.7 cm³/mol. The number of H-pyrrole nitrogens is 1. The fourth-order valence-corrected chi connectivity index (χ4v) is 3.04. The first-order valence-corrected chi connectivity index (χ1v) is 7.72. The summed E-state index contributed by atoms with van der Waals surface area (Å²) < 4.78 is 0. The molecule has 1 aliphatic heterocycles. The molecule has 112 valence electrons. The van der Waals surface area contributed by atoms with Crippen LogP contribution in [-0.4, -0.2) is 27.5 Å². The van der Waals surface area contributed by atoms with Crippen molar-refractivity contribution >= 4 is 17.0 Å². The first-order valence-electron chi connectivity index (χ1n) is 7.72. The van der Waals surface area contributed by atoms with Crippen LogP contribution in [0.2, 0.25) is 0 Å². The zero-order chi connectivity index (χ0) is 15.0. The Morgan fingerprint density at radius 2 is 2.14 bits per heavy atom. The number of aryl methyl sites for hydroxylation is 1. The number of pyridine rings is 1. The van der Waals surface area contributed by atoms with Gasteiger partial charge in [0.25, 0.3) is 5.56 Å². The largest absolute Gasteiger partial charge is 0.354 e. The second-order valence-electron chi connectivity index (χ2n) is 6.04. The molecule has 1 saturated heterocycles. The molecule has 0 radical (unpaired) electrons. The van der Waals surface area contributed by atoms with E-state index in [1.165, 1.54) is 19.3 Å². The zero-order valence-corrected chi connectivity index (χ0v) is 12.9. The number of anilines is 1. The molecule has 1 fully saturated rings. The predicted octanol–water partition coefficient (Wildman–Crippen LogP) is 2.64. The summed E-state index contributed by atoms with van der Waals surface area (Å²) in [5, 5.41) is 0. The van der Waals surface area contributed by atoms with Gasteiger partial charge in [-0.15, -0.1) is 0 Å². The first kappa shape index (κ1) is 14.0. The number of piperidine rings is 1. The lowest BCUT2D eigenvalue weighted by Gasteiger charge is -2.38. The van der Waals surface area contributed by atoms with Crippen LogP contribution in [0.5, 0.6) is 0 Å². The van der Waals surface area contributed by atoms with E-state index in [0.717, 1.165) is 18.3 Å². The van der Waals surface area contributed by atoms with Crippen molar-refractivity contribution in [1.82, 2.24) is 15.0 Å². The Bertz CT molecular complexity index is 709. The fourth-order valence-electron chi connectivity index (χ4n) is 3.04. The summed E-state index contributed by atoms with van der Waals surface area (Å²) in [6.07, 6.45) is 3.71. The van der Waals surface area contributed by atoms with Crippen molar-refractivity contribution in [2.24, 2.45) is 5.92 Å². The summed E-state index contributed by atoms with van der Waals surface area (Å²) in [4.78, 5) is 25.8. The van der Waals surface area contributed by atoms with Gasteiger partial charge in [0.2, 0.25) is 0 Å². The van der Waals surface area contributed by atoms with Gasteiger partial charge in [0, 0.05) is 12.6 Å². The molecule has 3 heterocycles. The molecule has 2 aromatic heterocycles. The number of nitrogens with one attached hydrogen (secondary N) is 1. The van der Waals surface area contributed by atoms with Crippen molar-refractivity contribution in [3.05, 3.63) is 28.2 Å². The SMILES string of the molecule is CCC1CCC(C)N(c2ccc3[nH]c(=O)c(C)nc3n2)C1. The molecule has 0 aliphatic carbocycles. The molecule has 1 N–H and O–H groups in total. The van der Waals surface area contributed by atoms with E-state index in [1.54, 1.807) is 6.92 Å². The summed E-state index contributed by atoms with van der Waals surface area (Å²) >= 11 is 0. The maximum atomic E-state index is 11.6. The summed E-state index contributed by atoms with van der Waals surface area (Å²) in [6.45, 7) is 7.27. The summed E-state index contributed by atoms with van der Waals surface area (Å²) in [6, 6.07) is 4.40. The van der Waals surface area contributed by atoms with Crippen LogP contribution < -0.4 is 10.5 Å². The molecule has 1 aliphatic rings. The van der Waals surface area contributed by atoms with Gasteiger partial charge < -0.3 is 9.88 Å². The minimum Gasteiger partial charge on any atom is -0.354 e. The highest BCUT2D eigenvalue weighted by Gasteiger charge is 2.25. The number of hydrogen-bond donors (Lipinski definition) is 1. The van der Waals surface area contributed by atoms with Gasteiger partial charge in [-0.1, -0.05) is 13.3 Å². The van der Waals surface area contributed by atoms with Crippen LogP contribution in [0.1, 0.15) is 38.8 Å². The van der Waals surface area contributed by atoms with Crippen LogP contribution in [0.3, 0.4) is 0 Å². The minimum absolute atomic E-state index is 0.144. The van der Waals surface area contributed by atoms with Crippen LogP contribution in [0, 0.1) is 12.8 Å². The van der Waals surface area contributed by atoms with Gasteiger partial charge >= 0.3 is 0 Å². The number of aromatic amines is 1. The Balaban J connectivity index is 1.99. The zero-order valence-electron chi connectivity index (χ0n) is 12.9. The Morgan fingerprint density at radius 3 is 2.90 bits per heavy atom. The van der Waals surface area contributed by atoms with Gasteiger partial charge in [0.05, 0.1) is 5.52 Å². The molecule has 0 spiro atoms. The van der Waals surface area contributed by atoms with Gasteiger partial charge in [-0.3, -0.25) is 4.79 Å². The molecular formula is C16H22N4O. The quantitative estimate of drug-likeness (QED) is 0.922. The van der Waals surface area contributed by atoms with E-state index in [2.05, 4.69) is 33.7 Å². The second kappa shape index (κ2) is 5.47. The molecule has 3 rings (SSSR count). The fraction of sp³-hybridized carbons (Fsp3) is 0.562. The van der Waals surface area contributed by atoms with E-state index >= 15 is 0 Å². The van der Waals surface area contributed by atoms with Gasteiger partial charge in [-0.25, -0.2) is 9.97 Å². The normalized spacial score (nSPS) is 22.7. The van der Waals surface area contributed by atoms with Crippen molar-refractivity contribution in [3.63, 3.8) is 0 Å². The van der Waals surface area contributed by atoms with Crippen molar-refractivity contribution in [3.8, 4) is 0 Å². The van der Waals surface area contributed by atoms with Crippen LogP contribution in [-0.2, 0) is 0 Å². The standard InChI is InChI=1S/C16H22N4O/c1-4-12-6-5-10(2)20(9-12)14-8-7-13-15(19-14)17-11(3)16(21)18-13/h7-8,10,12H,4-6,9H2,1-3H3,(H,18,21). The van der Waals surface area contributed by atoms with E-state index in [-0.39, 0.29) is 5.56 Å². The third kappa shape index (κ3) is 2.64. The third-order valence-corrected chi connectivity index (χ3v) is 4.56. The van der Waals surface area contributed by atoms with Crippen LogP contribution in [0.15, 0.2) is 16.9 Å². The lowest BCUT2D eigenvalue weighted by atomic mass is 9.91. The number of hydrogen-bond acceptors (Lipinski definition) is 4. The average Bonchev–Trinajstić information content (AvgIpc) is 2.48. The maximum Gasteiger partial charge on any atom is 0.269 e. The monoisotopic (exact) mass is 286 g/mol. The summed E-state index contributed by atoms with van der Waals surface area (Å²) in [7, 11) is 0. The van der Waals surface area contributed by atoms with Crippen LogP contribution >= 0.6 is 0 Å². The maximum absolute atomic E-state index is 11.6. The lowest BCUT2D eigenvalue weighted by Crippen LogP contribution is -2.42. The van der Waals surface area contributed by atoms with Crippen molar-refractivity contribution < 1.29 is 0 Å². The number of rotatable bonds is 2. The Kier molecular flexibility index (Phi) is 3.66. The highest BCUT2D eigenvalue weighted by Crippen LogP contribution is 2.28. The molecule has 2 atom stereocenters. The molecular weight excluding hydrogens is 264 g/mol. The third-order valence-electron chi connectivity index (χ3n) is 4.56. The lowest BCUT2D eigenvalue weighted by molar-refractivity contribution is 0.357. The molecule has 2 unspecified atom stereocenters. The first-order chi connectivity index (χ1) is 10.1. The Hall–Kier alpha value is -1.91. The van der Waals surface area contributed by atoms with Gasteiger partial charge in [-0.2, -0.15) is 0 Å². The van der Waals surface area contributed by atoms with E-state index in [1.807, 2.05) is 12.1 Å². The molecule has 5 nitrogen and oxygen atoms in total. The Labute approximate surface area is 124 Å². The summed E-state index contributed by atoms with van der Waals surface area (Å²) in [5.41, 5.74) is 1.64. The van der Waals surface area contributed by atoms with Crippen molar-refractivity contribution in [1.29, 1.82) is 0 Å². The van der Waals surface area contributed by atoms with Gasteiger partial charge in [0.15, 0.2) is 5.65 Å². The molecule has 0 saturated carbocycles. The number of aromatic nitrogens is 3. The highest BCUT2D eigenvalue weighted by atomic mass is 16.1. The van der Waals surface area contributed by atoms with Crippen molar-refractivity contribution in [2.45, 2.75) is 46.1 Å².